The van der Waals surface area contributed by atoms with Crippen molar-refractivity contribution in [3.8, 4) is 5.82 Å². The number of hydrogen-bond acceptors (Lipinski definition) is 4. The number of nitrogens with zero attached hydrogens (tertiary/aromatic N) is 4. The number of ether oxygens (including phenoxy) is 1. The molecule has 136 valence electrons. The van der Waals surface area contributed by atoms with Crippen LogP contribution in [0, 0.1) is 13.8 Å². The van der Waals surface area contributed by atoms with Crippen molar-refractivity contribution >= 4 is 5.96 Å². The van der Waals surface area contributed by atoms with Crippen LogP contribution < -0.4 is 10.6 Å². The van der Waals surface area contributed by atoms with E-state index in [1.165, 1.54) is 0 Å². The molecule has 0 spiro atoms. The third-order valence-electron chi connectivity index (χ3n) is 3.54. The van der Waals surface area contributed by atoms with E-state index < -0.39 is 0 Å². The normalized spacial score (nSPS) is 11.6. The van der Waals surface area contributed by atoms with Gasteiger partial charge in [0.1, 0.15) is 0 Å². The number of hydrogen-bond donors (Lipinski definition) is 2. The summed E-state index contributed by atoms with van der Waals surface area (Å²) < 4.78 is 7.18. The van der Waals surface area contributed by atoms with Gasteiger partial charge in [-0.15, -0.1) is 0 Å². The fourth-order valence-electron chi connectivity index (χ4n) is 2.39. The van der Waals surface area contributed by atoms with Gasteiger partial charge in [-0.1, -0.05) is 6.07 Å². The van der Waals surface area contributed by atoms with E-state index in [4.69, 9.17) is 4.74 Å². The first kappa shape index (κ1) is 18.9. The van der Waals surface area contributed by atoms with Crippen LogP contribution in [0.2, 0.25) is 0 Å². The van der Waals surface area contributed by atoms with Crippen molar-refractivity contribution in [3.63, 3.8) is 0 Å². The fraction of sp³-hybridized carbons (Fsp3) is 0.500. The van der Waals surface area contributed by atoms with Crippen LogP contribution in [-0.2, 0) is 11.3 Å². The molecule has 0 amide bonds. The maximum absolute atomic E-state index is 5.33. The molecule has 0 radical (unpaired) electrons. The van der Waals surface area contributed by atoms with E-state index >= 15 is 0 Å². The third-order valence-corrected chi connectivity index (χ3v) is 3.54. The largest absolute Gasteiger partial charge is 0.380 e. The van der Waals surface area contributed by atoms with Crippen LogP contribution in [-0.4, -0.2) is 47.0 Å². The Kier molecular flexibility index (Phi) is 7.40. The predicted octanol–water partition coefficient (Wildman–Crippen LogP) is 1.98. The van der Waals surface area contributed by atoms with Gasteiger partial charge in [-0.25, -0.2) is 14.7 Å². The minimum absolute atomic E-state index is 0.564. The molecule has 25 heavy (non-hydrogen) atoms. The van der Waals surface area contributed by atoms with E-state index in [1.807, 2.05) is 56.8 Å². The van der Waals surface area contributed by atoms with Crippen LogP contribution in [0.3, 0.4) is 0 Å². The van der Waals surface area contributed by atoms with Crippen molar-refractivity contribution in [3.05, 3.63) is 41.3 Å². The summed E-state index contributed by atoms with van der Waals surface area (Å²) in [6, 6.07) is 6.04. The van der Waals surface area contributed by atoms with Gasteiger partial charge in [0.15, 0.2) is 11.8 Å². The Morgan fingerprint density at radius 2 is 2.08 bits per heavy atom. The van der Waals surface area contributed by atoms with E-state index in [1.54, 1.807) is 0 Å². The van der Waals surface area contributed by atoms with Gasteiger partial charge in [0.25, 0.3) is 0 Å². The van der Waals surface area contributed by atoms with Gasteiger partial charge >= 0.3 is 0 Å². The summed E-state index contributed by atoms with van der Waals surface area (Å²) in [7, 11) is 0. The van der Waals surface area contributed by atoms with Gasteiger partial charge in [0, 0.05) is 31.6 Å². The number of aryl methyl sites for hydroxylation is 2. The molecule has 0 aliphatic carbocycles. The number of guanidine groups is 1. The lowest BCUT2D eigenvalue weighted by molar-refractivity contribution is 0.152. The third kappa shape index (κ3) is 5.86. The highest BCUT2D eigenvalue weighted by atomic mass is 16.5. The highest BCUT2D eigenvalue weighted by Crippen LogP contribution is 2.10. The van der Waals surface area contributed by atoms with Gasteiger partial charge in [0.2, 0.25) is 0 Å². The van der Waals surface area contributed by atoms with E-state index in [9.17, 15) is 0 Å². The molecular weight excluding hydrogens is 316 g/mol. The van der Waals surface area contributed by atoms with Crippen LogP contribution in [0.5, 0.6) is 0 Å². The molecule has 0 saturated carbocycles. The van der Waals surface area contributed by atoms with Crippen molar-refractivity contribution in [2.75, 3.05) is 26.3 Å². The summed E-state index contributed by atoms with van der Waals surface area (Å²) in [4.78, 5) is 9.09. The lowest BCUT2D eigenvalue weighted by Gasteiger charge is -2.11. The molecule has 7 heteroatoms. The highest BCUT2D eigenvalue weighted by molar-refractivity contribution is 5.79. The molecule has 0 saturated heterocycles. The average Bonchev–Trinajstić information content (AvgIpc) is 2.95. The molecule has 7 nitrogen and oxygen atoms in total. The molecule has 2 rings (SSSR count). The van der Waals surface area contributed by atoms with Gasteiger partial charge in [-0.3, -0.25) is 0 Å². The number of nitrogens with one attached hydrogen (secondary N) is 2. The molecule has 0 aromatic carbocycles. The molecule has 0 aliphatic heterocycles. The molecule has 2 aromatic rings. The molecule has 0 atom stereocenters. The van der Waals surface area contributed by atoms with E-state index in [0.717, 1.165) is 48.4 Å². The summed E-state index contributed by atoms with van der Waals surface area (Å²) in [6.45, 7) is 11.5. The zero-order valence-corrected chi connectivity index (χ0v) is 15.5. The monoisotopic (exact) mass is 344 g/mol. The first-order chi connectivity index (χ1) is 12.1. The Balaban J connectivity index is 1.97. The van der Waals surface area contributed by atoms with Gasteiger partial charge < -0.3 is 15.4 Å². The minimum Gasteiger partial charge on any atom is -0.380 e. The molecule has 2 N–H and O–H groups in total. The molecule has 0 fully saturated rings. The molecule has 2 aromatic heterocycles. The van der Waals surface area contributed by atoms with Crippen molar-refractivity contribution in [1.82, 2.24) is 25.4 Å². The quantitative estimate of drug-likeness (QED) is 0.435. The molecule has 0 aliphatic rings. The number of aromatic nitrogens is 3. The van der Waals surface area contributed by atoms with Crippen LogP contribution >= 0.6 is 0 Å². The summed E-state index contributed by atoms with van der Waals surface area (Å²) >= 11 is 0. The number of rotatable bonds is 8. The summed E-state index contributed by atoms with van der Waals surface area (Å²) in [5.74, 6) is 1.60. The van der Waals surface area contributed by atoms with Crippen molar-refractivity contribution in [1.29, 1.82) is 0 Å². The fourth-order valence-corrected chi connectivity index (χ4v) is 2.39. The number of pyridine rings is 1. The summed E-state index contributed by atoms with van der Waals surface area (Å²) in [6.07, 6.45) is 1.85. The first-order valence-electron chi connectivity index (χ1n) is 8.72. The molecule has 2 heterocycles. The van der Waals surface area contributed by atoms with Gasteiger partial charge in [-0.2, -0.15) is 5.10 Å². The van der Waals surface area contributed by atoms with Gasteiger partial charge in [0.05, 0.1) is 18.8 Å². The SMILES string of the molecule is CCNC(=NCc1ccc(-n2nc(C)cc2C)nc1)NCCOCC. The molecule has 0 unspecified atom stereocenters. The minimum atomic E-state index is 0.564. The zero-order valence-electron chi connectivity index (χ0n) is 15.5. The first-order valence-corrected chi connectivity index (χ1v) is 8.72. The Bertz CT molecular complexity index is 677. The average molecular weight is 344 g/mol. The smallest absolute Gasteiger partial charge is 0.191 e. The second kappa shape index (κ2) is 9.78. The second-order valence-electron chi connectivity index (χ2n) is 5.68. The van der Waals surface area contributed by atoms with Crippen LogP contribution in [0.25, 0.3) is 5.82 Å². The van der Waals surface area contributed by atoms with Crippen LogP contribution in [0.1, 0.15) is 30.8 Å². The van der Waals surface area contributed by atoms with Crippen molar-refractivity contribution in [2.45, 2.75) is 34.2 Å². The standard InChI is InChI=1S/C18H28N6O/c1-5-19-18(20-9-10-25-6-2)22-13-16-7-8-17(21-12-16)24-15(4)11-14(3)23-24/h7-8,11-12H,5-6,9-10,13H2,1-4H3,(H2,19,20,22). The lowest BCUT2D eigenvalue weighted by Crippen LogP contribution is -2.39. The van der Waals surface area contributed by atoms with E-state index in [2.05, 4.69) is 25.7 Å². The Hall–Kier alpha value is -2.41. The maximum Gasteiger partial charge on any atom is 0.191 e. The van der Waals surface area contributed by atoms with Crippen molar-refractivity contribution in [2.24, 2.45) is 4.99 Å². The molecule has 0 bridgehead atoms. The van der Waals surface area contributed by atoms with Crippen molar-refractivity contribution < 1.29 is 4.74 Å². The van der Waals surface area contributed by atoms with Crippen LogP contribution in [0.15, 0.2) is 29.4 Å². The Labute approximate surface area is 149 Å². The topological polar surface area (TPSA) is 76.4 Å². The van der Waals surface area contributed by atoms with E-state index in [-0.39, 0.29) is 0 Å². The maximum atomic E-state index is 5.33. The van der Waals surface area contributed by atoms with E-state index in [0.29, 0.717) is 13.2 Å². The summed E-state index contributed by atoms with van der Waals surface area (Å²) in [5.41, 5.74) is 3.11. The Morgan fingerprint density at radius 3 is 2.68 bits per heavy atom. The predicted molar refractivity (Wildman–Crippen MR) is 100 cm³/mol. The van der Waals surface area contributed by atoms with Crippen LogP contribution in [0.4, 0.5) is 0 Å². The summed E-state index contributed by atoms with van der Waals surface area (Å²) in [5, 5.41) is 10.9. The lowest BCUT2D eigenvalue weighted by atomic mass is 10.3. The highest BCUT2D eigenvalue weighted by Gasteiger charge is 2.05. The second-order valence-corrected chi connectivity index (χ2v) is 5.68. The molecular formula is C18H28N6O. The zero-order chi connectivity index (χ0) is 18.1. The van der Waals surface area contributed by atoms with Gasteiger partial charge in [-0.05, 0) is 45.4 Å². The number of aliphatic imine (C=N–C) groups is 1. The Morgan fingerprint density at radius 1 is 1.24 bits per heavy atom.